The van der Waals surface area contributed by atoms with Crippen molar-refractivity contribution in [1.82, 2.24) is 24.3 Å². The smallest absolute Gasteiger partial charge is 0.263 e. The number of rotatable bonds is 5. The second kappa shape index (κ2) is 8.19. The number of amides is 1. The van der Waals surface area contributed by atoms with E-state index in [2.05, 4.69) is 20.4 Å². The molecule has 10 heteroatoms. The minimum atomic E-state index is -0.805. The highest BCUT2D eigenvalue weighted by Crippen LogP contribution is 2.26. The Balaban J connectivity index is 1.51. The Bertz CT molecular complexity index is 1330. The van der Waals surface area contributed by atoms with Gasteiger partial charge in [0.25, 0.3) is 11.5 Å². The average molecular weight is 420 g/mol. The number of hydrogen-bond donors (Lipinski definition) is 1. The third-order valence-electron chi connectivity index (χ3n) is 4.38. The standard InChI is InChI=1S/C21H17FN6O3/c1-27-7-3-4-16(21(27)30)20(29)26-19-17(22)8-15(11-24-19)31-14-5-6-23-18(9-14)13-10-25-28(2)12-13/h3-12H,1-2H3,(H,24,26,29). The summed E-state index contributed by atoms with van der Waals surface area (Å²) in [7, 11) is 3.32. The Hall–Kier alpha value is -4.34. The molecule has 0 unspecified atom stereocenters. The molecule has 0 aromatic carbocycles. The molecular weight excluding hydrogens is 403 g/mol. The maximum absolute atomic E-state index is 14.5. The van der Waals surface area contributed by atoms with E-state index in [1.54, 1.807) is 42.3 Å². The van der Waals surface area contributed by atoms with Gasteiger partial charge in [0.05, 0.1) is 18.1 Å². The lowest BCUT2D eigenvalue weighted by molar-refractivity contribution is 0.102. The van der Waals surface area contributed by atoms with Crippen LogP contribution in [0.4, 0.5) is 10.2 Å². The molecule has 0 aliphatic rings. The van der Waals surface area contributed by atoms with Crippen LogP contribution < -0.4 is 15.6 Å². The van der Waals surface area contributed by atoms with Gasteiger partial charge in [-0.15, -0.1) is 0 Å². The Morgan fingerprint density at radius 1 is 1.13 bits per heavy atom. The van der Waals surface area contributed by atoms with Crippen molar-refractivity contribution in [3.8, 4) is 22.8 Å². The largest absolute Gasteiger partial charge is 0.456 e. The normalized spacial score (nSPS) is 10.7. The summed E-state index contributed by atoms with van der Waals surface area (Å²) in [5.41, 5.74) is 0.837. The number of anilines is 1. The van der Waals surface area contributed by atoms with Crippen molar-refractivity contribution in [3.63, 3.8) is 0 Å². The predicted molar refractivity (Wildman–Crippen MR) is 110 cm³/mol. The van der Waals surface area contributed by atoms with Crippen LogP contribution in [0.15, 0.2) is 66.1 Å². The topological polar surface area (TPSA) is 104 Å². The summed E-state index contributed by atoms with van der Waals surface area (Å²) >= 11 is 0. The molecular formula is C21H17FN6O3. The van der Waals surface area contributed by atoms with Crippen LogP contribution >= 0.6 is 0 Å². The quantitative estimate of drug-likeness (QED) is 0.532. The van der Waals surface area contributed by atoms with E-state index >= 15 is 0 Å². The number of hydrogen-bond acceptors (Lipinski definition) is 6. The highest BCUT2D eigenvalue weighted by atomic mass is 19.1. The zero-order valence-corrected chi connectivity index (χ0v) is 16.6. The Morgan fingerprint density at radius 3 is 2.71 bits per heavy atom. The van der Waals surface area contributed by atoms with E-state index in [1.807, 2.05) is 6.20 Å². The van der Waals surface area contributed by atoms with E-state index < -0.39 is 17.3 Å². The van der Waals surface area contributed by atoms with E-state index in [-0.39, 0.29) is 17.1 Å². The van der Waals surface area contributed by atoms with Crippen LogP contribution in [0.25, 0.3) is 11.3 Å². The molecule has 1 amide bonds. The molecule has 9 nitrogen and oxygen atoms in total. The minimum absolute atomic E-state index is 0.119. The number of nitrogens with one attached hydrogen (secondary N) is 1. The third kappa shape index (κ3) is 4.32. The Kier molecular flexibility index (Phi) is 5.27. The first-order chi connectivity index (χ1) is 14.9. The van der Waals surface area contributed by atoms with E-state index in [1.165, 1.54) is 30.1 Å². The van der Waals surface area contributed by atoms with Crippen LogP contribution in [-0.4, -0.2) is 30.2 Å². The second-order valence-electron chi connectivity index (χ2n) is 6.68. The number of ether oxygens (including phenoxy) is 1. The molecule has 0 aliphatic carbocycles. The van der Waals surface area contributed by atoms with E-state index in [4.69, 9.17) is 4.74 Å². The van der Waals surface area contributed by atoms with Gasteiger partial charge < -0.3 is 14.6 Å². The second-order valence-corrected chi connectivity index (χ2v) is 6.68. The number of carbonyl (C=O) groups is 1. The first kappa shape index (κ1) is 20.0. The van der Waals surface area contributed by atoms with Gasteiger partial charge in [-0.05, 0) is 18.2 Å². The van der Waals surface area contributed by atoms with E-state index in [0.717, 1.165) is 11.6 Å². The summed E-state index contributed by atoms with van der Waals surface area (Å²) in [6.45, 7) is 0. The summed E-state index contributed by atoms with van der Waals surface area (Å²) in [6, 6.07) is 7.31. The van der Waals surface area contributed by atoms with Crippen molar-refractivity contribution in [1.29, 1.82) is 0 Å². The molecule has 0 spiro atoms. The molecule has 0 aliphatic heterocycles. The molecule has 4 aromatic rings. The highest BCUT2D eigenvalue weighted by molar-refractivity contribution is 6.03. The number of aryl methyl sites for hydroxylation is 2. The molecule has 4 heterocycles. The fourth-order valence-corrected chi connectivity index (χ4v) is 2.84. The molecule has 31 heavy (non-hydrogen) atoms. The highest BCUT2D eigenvalue weighted by Gasteiger charge is 2.15. The Morgan fingerprint density at radius 2 is 1.97 bits per heavy atom. The molecule has 156 valence electrons. The summed E-state index contributed by atoms with van der Waals surface area (Å²) < 4.78 is 23.1. The summed E-state index contributed by atoms with van der Waals surface area (Å²) in [6.07, 6.45) is 7.83. The molecule has 0 fully saturated rings. The molecule has 0 radical (unpaired) electrons. The SMILES string of the molecule is Cn1cc(-c2cc(Oc3cnc(NC(=O)c4cccn(C)c4=O)c(F)c3)ccn2)cn1. The van der Waals surface area contributed by atoms with Crippen molar-refractivity contribution in [2.75, 3.05) is 5.32 Å². The number of aromatic nitrogens is 5. The van der Waals surface area contributed by atoms with Crippen molar-refractivity contribution in [2.24, 2.45) is 14.1 Å². The summed E-state index contributed by atoms with van der Waals surface area (Å²) in [5, 5.41) is 6.41. The molecule has 0 saturated carbocycles. The third-order valence-corrected chi connectivity index (χ3v) is 4.38. The van der Waals surface area contributed by atoms with Gasteiger partial charge in [-0.3, -0.25) is 19.3 Å². The van der Waals surface area contributed by atoms with Crippen molar-refractivity contribution < 1.29 is 13.9 Å². The van der Waals surface area contributed by atoms with Gasteiger partial charge in [0.15, 0.2) is 11.6 Å². The molecule has 4 aromatic heterocycles. The van der Waals surface area contributed by atoms with Gasteiger partial charge in [-0.1, -0.05) is 0 Å². The van der Waals surface area contributed by atoms with Gasteiger partial charge in [0.1, 0.15) is 17.1 Å². The van der Waals surface area contributed by atoms with Gasteiger partial charge in [-0.25, -0.2) is 9.37 Å². The zero-order valence-electron chi connectivity index (χ0n) is 16.6. The number of carbonyl (C=O) groups excluding carboxylic acids is 1. The lowest BCUT2D eigenvalue weighted by Gasteiger charge is -2.09. The fourth-order valence-electron chi connectivity index (χ4n) is 2.84. The van der Waals surface area contributed by atoms with Crippen molar-refractivity contribution >= 4 is 11.7 Å². The van der Waals surface area contributed by atoms with Gasteiger partial charge >= 0.3 is 0 Å². The predicted octanol–water partition coefficient (Wildman–Crippen LogP) is 2.76. The van der Waals surface area contributed by atoms with Gasteiger partial charge in [-0.2, -0.15) is 5.10 Å². The first-order valence-corrected chi connectivity index (χ1v) is 9.16. The Labute approximate surface area is 175 Å². The van der Waals surface area contributed by atoms with Crippen LogP contribution in [0.1, 0.15) is 10.4 Å². The van der Waals surface area contributed by atoms with Crippen LogP contribution in [0.5, 0.6) is 11.5 Å². The number of nitrogens with zero attached hydrogens (tertiary/aromatic N) is 5. The molecule has 1 N–H and O–H groups in total. The molecule has 0 saturated heterocycles. The van der Waals surface area contributed by atoms with Crippen LogP contribution in [0.3, 0.4) is 0 Å². The first-order valence-electron chi connectivity index (χ1n) is 9.16. The fraction of sp³-hybridized carbons (Fsp3) is 0.0952. The van der Waals surface area contributed by atoms with Crippen molar-refractivity contribution in [2.45, 2.75) is 0 Å². The molecule has 0 bridgehead atoms. The van der Waals surface area contributed by atoms with E-state index in [9.17, 15) is 14.0 Å². The maximum atomic E-state index is 14.5. The van der Waals surface area contributed by atoms with Crippen LogP contribution in [0.2, 0.25) is 0 Å². The lowest BCUT2D eigenvalue weighted by Crippen LogP contribution is -2.27. The van der Waals surface area contributed by atoms with E-state index in [0.29, 0.717) is 11.4 Å². The lowest BCUT2D eigenvalue weighted by atomic mass is 10.2. The van der Waals surface area contributed by atoms with Crippen LogP contribution in [0, 0.1) is 5.82 Å². The van der Waals surface area contributed by atoms with Crippen molar-refractivity contribution in [3.05, 3.63) is 83.1 Å². The molecule has 0 atom stereocenters. The van der Waals surface area contributed by atoms with Gasteiger partial charge in [0, 0.05) is 50.4 Å². The summed E-state index contributed by atoms with van der Waals surface area (Å²) in [4.78, 5) is 32.5. The van der Waals surface area contributed by atoms with Crippen LogP contribution in [-0.2, 0) is 14.1 Å². The average Bonchev–Trinajstić information content (AvgIpc) is 3.18. The minimum Gasteiger partial charge on any atom is -0.456 e. The summed E-state index contributed by atoms with van der Waals surface area (Å²) in [5.74, 6) is -1.31. The van der Waals surface area contributed by atoms with Gasteiger partial charge in [0.2, 0.25) is 0 Å². The zero-order chi connectivity index (χ0) is 22.0. The number of halogens is 1. The maximum Gasteiger partial charge on any atom is 0.263 e. The monoisotopic (exact) mass is 420 g/mol. The molecule has 4 rings (SSSR count). The number of pyridine rings is 3.